The second-order valence-corrected chi connectivity index (χ2v) is 6.26. The summed E-state index contributed by atoms with van der Waals surface area (Å²) in [6, 6.07) is 5.81. The van der Waals surface area contributed by atoms with Crippen LogP contribution in [0.15, 0.2) is 22.7 Å². The molecule has 0 amide bonds. The van der Waals surface area contributed by atoms with E-state index in [2.05, 4.69) is 5.16 Å². The molecule has 0 bridgehead atoms. The second-order valence-electron chi connectivity index (χ2n) is 6.26. The molecule has 3 rings (SSSR count). The van der Waals surface area contributed by atoms with E-state index in [0.29, 0.717) is 17.9 Å². The minimum atomic E-state index is -0.370. The number of aromatic nitrogens is 1. The molecule has 1 fully saturated rings. The first-order valence-corrected chi connectivity index (χ1v) is 6.77. The summed E-state index contributed by atoms with van der Waals surface area (Å²) in [5.41, 5.74) is 6.72. The van der Waals surface area contributed by atoms with Gasteiger partial charge in [0.2, 0.25) is 0 Å². The topological polar surface area (TPSA) is 70.5 Å². The molecule has 2 heterocycles. The van der Waals surface area contributed by atoms with Gasteiger partial charge in [-0.2, -0.15) is 0 Å². The summed E-state index contributed by atoms with van der Waals surface area (Å²) >= 11 is 0. The van der Waals surface area contributed by atoms with E-state index >= 15 is 0 Å². The first-order chi connectivity index (χ1) is 9.30. The van der Waals surface area contributed by atoms with Gasteiger partial charge >= 0.3 is 6.92 Å². The van der Waals surface area contributed by atoms with Gasteiger partial charge in [-0.15, -0.1) is 0 Å². The summed E-state index contributed by atoms with van der Waals surface area (Å²) in [5, 5.41) is 4.59. The third-order valence-electron chi connectivity index (χ3n) is 4.38. The number of hydrogen-bond acceptors (Lipinski definition) is 5. The summed E-state index contributed by atoms with van der Waals surface area (Å²) in [6.07, 6.45) is 0. The third kappa shape index (κ3) is 1.99. The molecule has 0 spiro atoms. The van der Waals surface area contributed by atoms with Crippen molar-refractivity contribution < 1.29 is 13.9 Å². The molecule has 2 aromatic rings. The predicted octanol–water partition coefficient (Wildman–Crippen LogP) is 1.75. The molecule has 1 aliphatic rings. The Morgan fingerprint density at radius 3 is 2.65 bits per heavy atom. The van der Waals surface area contributed by atoms with Gasteiger partial charge in [-0.1, -0.05) is 11.2 Å². The molecule has 6 heteroatoms. The van der Waals surface area contributed by atoms with Gasteiger partial charge in [0.1, 0.15) is 0 Å². The van der Waals surface area contributed by atoms with Crippen molar-refractivity contribution in [3.05, 3.63) is 18.2 Å². The standard InChI is InChI=1S/C14H19BN2O3/c1-13(2)14(3,4)20-15(8-18-13)9-5-6-10-11(7-9)19-17-12(10)16/h5-7H,8H2,1-4H3,(H2,16,17). The van der Waals surface area contributed by atoms with Crippen LogP contribution in [0.2, 0.25) is 0 Å². The van der Waals surface area contributed by atoms with Crippen LogP contribution in [-0.2, 0) is 9.39 Å². The summed E-state index contributed by atoms with van der Waals surface area (Å²) < 4.78 is 17.4. The molecular weight excluding hydrogens is 255 g/mol. The molecule has 0 saturated carbocycles. The van der Waals surface area contributed by atoms with Crippen LogP contribution < -0.4 is 11.2 Å². The minimum absolute atomic E-state index is 0.117. The van der Waals surface area contributed by atoms with Crippen molar-refractivity contribution in [1.29, 1.82) is 0 Å². The number of benzene rings is 1. The molecule has 1 aromatic carbocycles. The highest BCUT2D eigenvalue weighted by atomic mass is 16.6. The zero-order valence-corrected chi connectivity index (χ0v) is 12.3. The molecule has 0 unspecified atom stereocenters. The van der Waals surface area contributed by atoms with E-state index < -0.39 is 0 Å². The number of ether oxygens (including phenoxy) is 1. The van der Waals surface area contributed by atoms with Crippen molar-refractivity contribution in [1.82, 2.24) is 5.16 Å². The Kier molecular flexibility index (Phi) is 2.85. The molecule has 5 nitrogen and oxygen atoms in total. The van der Waals surface area contributed by atoms with Crippen molar-refractivity contribution in [2.75, 3.05) is 12.2 Å². The summed E-state index contributed by atoms with van der Waals surface area (Å²) in [7, 11) is 0. The van der Waals surface area contributed by atoms with E-state index in [9.17, 15) is 0 Å². The Hall–Kier alpha value is -1.53. The van der Waals surface area contributed by atoms with Crippen molar-refractivity contribution in [2.45, 2.75) is 38.9 Å². The van der Waals surface area contributed by atoms with E-state index in [1.54, 1.807) is 0 Å². The fourth-order valence-electron chi connectivity index (χ4n) is 2.33. The zero-order chi connectivity index (χ0) is 14.5. The van der Waals surface area contributed by atoms with Gasteiger partial charge in [0.15, 0.2) is 11.4 Å². The van der Waals surface area contributed by atoms with E-state index in [0.717, 1.165) is 10.8 Å². The van der Waals surface area contributed by atoms with E-state index in [1.807, 2.05) is 45.9 Å². The van der Waals surface area contributed by atoms with Crippen LogP contribution in [0.5, 0.6) is 0 Å². The van der Waals surface area contributed by atoms with Crippen LogP contribution in [0.3, 0.4) is 0 Å². The summed E-state index contributed by atoms with van der Waals surface area (Å²) in [4.78, 5) is 0. The molecule has 0 atom stereocenters. The van der Waals surface area contributed by atoms with E-state index in [1.165, 1.54) is 0 Å². The maximum absolute atomic E-state index is 6.21. The van der Waals surface area contributed by atoms with Gasteiger partial charge in [-0.3, -0.25) is 0 Å². The average Bonchev–Trinajstić information content (AvgIpc) is 2.74. The fourth-order valence-corrected chi connectivity index (χ4v) is 2.33. The van der Waals surface area contributed by atoms with Gasteiger partial charge in [0, 0.05) is 0 Å². The van der Waals surface area contributed by atoms with Crippen LogP contribution in [-0.4, -0.2) is 29.8 Å². The summed E-state index contributed by atoms with van der Waals surface area (Å²) in [6.45, 7) is 8.58. The molecule has 1 aliphatic heterocycles. The van der Waals surface area contributed by atoms with Gasteiger partial charge in [-0.05, 0) is 45.3 Å². The lowest BCUT2D eigenvalue weighted by molar-refractivity contribution is -0.152. The smallest absolute Gasteiger partial charge is 0.354 e. The highest BCUT2D eigenvalue weighted by Crippen LogP contribution is 2.33. The Morgan fingerprint density at radius 1 is 1.20 bits per heavy atom. The second kappa shape index (κ2) is 4.23. The first kappa shape index (κ1) is 13.5. The van der Waals surface area contributed by atoms with Crippen LogP contribution in [0.4, 0.5) is 5.82 Å². The molecule has 1 saturated heterocycles. The van der Waals surface area contributed by atoms with Crippen LogP contribution >= 0.6 is 0 Å². The monoisotopic (exact) mass is 274 g/mol. The number of nitrogens with two attached hydrogens (primary N) is 1. The number of nitrogens with zero attached hydrogens (tertiary/aromatic N) is 1. The van der Waals surface area contributed by atoms with Crippen LogP contribution in [0, 0.1) is 0 Å². The van der Waals surface area contributed by atoms with Gasteiger partial charge in [0.05, 0.1) is 23.1 Å². The highest BCUT2D eigenvalue weighted by molar-refractivity contribution is 6.67. The number of fused-ring (bicyclic) bond motifs is 1. The zero-order valence-electron chi connectivity index (χ0n) is 12.3. The molecule has 106 valence electrons. The molecule has 0 aliphatic carbocycles. The third-order valence-corrected chi connectivity index (χ3v) is 4.38. The Morgan fingerprint density at radius 2 is 1.95 bits per heavy atom. The van der Waals surface area contributed by atoms with Crippen LogP contribution in [0.1, 0.15) is 27.7 Å². The Bertz CT molecular complexity index is 651. The number of nitrogen functional groups attached to an aromatic ring is 1. The fraction of sp³-hybridized carbons (Fsp3) is 0.500. The lowest BCUT2D eigenvalue weighted by atomic mass is 9.59. The number of rotatable bonds is 1. The Balaban J connectivity index is 1.92. The minimum Gasteiger partial charge on any atom is -0.421 e. The van der Waals surface area contributed by atoms with Crippen LogP contribution in [0.25, 0.3) is 11.0 Å². The van der Waals surface area contributed by atoms with Crippen molar-refractivity contribution in [3.8, 4) is 0 Å². The van der Waals surface area contributed by atoms with Gasteiger partial charge in [0.25, 0.3) is 0 Å². The largest absolute Gasteiger partial charge is 0.421 e. The molecule has 20 heavy (non-hydrogen) atoms. The maximum Gasteiger partial charge on any atom is 0.354 e. The maximum atomic E-state index is 6.21. The number of hydrogen-bond donors (Lipinski definition) is 1. The van der Waals surface area contributed by atoms with Crippen molar-refractivity contribution >= 4 is 29.2 Å². The molecule has 0 radical (unpaired) electrons. The molecule has 1 aromatic heterocycles. The Labute approximate surface area is 118 Å². The predicted molar refractivity (Wildman–Crippen MR) is 79.0 cm³/mol. The SMILES string of the molecule is CC1(C)OCB(c2ccc3c(N)noc3c2)OC1(C)C. The van der Waals surface area contributed by atoms with Gasteiger partial charge in [-0.25, -0.2) is 0 Å². The highest BCUT2D eigenvalue weighted by Gasteiger charge is 2.46. The average molecular weight is 274 g/mol. The lowest BCUT2D eigenvalue weighted by Gasteiger charge is -2.47. The molecule has 2 N–H and O–H groups in total. The number of anilines is 1. The first-order valence-electron chi connectivity index (χ1n) is 6.77. The van der Waals surface area contributed by atoms with Crippen molar-refractivity contribution in [2.24, 2.45) is 0 Å². The van der Waals surface area contributed by atoms with E-state index in [-0.39, 0.29) is 18.1 Å². The van der Waals surface area contributed by atoms with Gasteiger partial charge < -0.3 is 19.6 Å². The quantitative estimate of drug-likeness (QED) is 0.802. The van der Waals surface area contributed by atoms with E-state index in [4.69, 9.17) is 19.6 Å². The lowest BCUT2D eigenvalue weighted by Crippen LogP contribution is -2.61. The molecular formula is C14H19BN2O3. The summed E-state index contributed by atoms with van der Waals surface area (Å²) in [5.74, 6) is 0.411. The van der Waals surface area contributed by atoms with Crippen molar-refractivity contribution in [3.63, 3.8) is 0 Å². The normalized spacial score (nSPS) is 21.3.